The molecule has 0 aromatic heterocycles. The normalized spacial score (nSPS) is 23.6. The highest BCUT2D eigenvalue weighted by Gasteiger charge is 2.36. The first-order chi connectivity index (χ1) is 10.1. The molecule has 0 saturated carbocycles. The SMILES string of the molecule is CSCC(C)CN1C(=O)C(CCc2ccccc2)NC1C. The van der Waals surface area contributed by atoms with Crippen LogP contribution in [0, 0.1) is 5.92 Å². The zero-order valence-electron chi connectivity index (χ0n) is 13.2. The molecule has 1 aliphatic heterocycles. The molecule has 1 aliphatic rings. The second kappa shape index (κ2) is 7.85. The van der Waals surface area contributed by atoms with E-state index in [4.69, 9.17) is 0 Å². The molecule has 4 heteroatoms. The Balaban J connectivity index is 1.87. The van der Waals surface area contributed by atoms with Gasteiger partial charge in [-0.2, -0.15) is 11.8 Å². The molecule has 1 heterocycles. The molecule has 3 nitrogen and oxygen atoms in total. The number of thioether (sulfide) groups is 1. The summed E-state index contributed by atoms with van der Waals surface area (Å²) in [4.78, 5) is 14.5. The third-order valence-electron chi connectivity index (χ3n) is 4.02. The van der Waals surface area contributed by atoms with E-state index in [-0.39, 0.29) is 18.1 Å². The maximum absolute atomic E-state index is 12.5. The predicted octanol–water partition coefficient (Wildman–Crippen LogP) is 2.76. The van der Waals surface area contributed by atoms with Crippen LogP contribution < -0.4 is 5.32 Å². The van der Waals surface area contributed by atoms with Gasteiger partial charge in [0.05, 0.1) is 12.2 Å². The summed E-state index contributed by atoms with van der Waals surface area (Å²) in [6, 6.07) is 10.4. The van der Waals surface area contributed by atoms with Gasteiger partial charge in [-0.15, -0.1) is 0 Å². The topological polar surface area (TPSA) is 32.3 Å². The molecule has 0 radical (unpaired) electrons. The molecule has 1 aromatic carbocycles. The molecule has 3 atom stereocenters. The molecule has 2 rings (SSSR count). The number of nitrogens with zero attached hydrogens (tertiary/aromatic N) is 1. The van der Waals surface area contributed by atoms with E-state index in [1.807, 2.05) is 22.7 Å². The van der Waals surface area contributed by atoms with Crippen LogP contribution in [0.5, 0.6) is 0 Å². The number of carbonyl (C=O) groups is 1. The number of amides is 1. The lowest BCUT2D eigenvalue weighted by molar-refractivity contribution is -0.130. The Bertz CT molecular complexity index is 451. The maximum atomic E-state index is 12.5. The summed E-state index contributed by atoms with van der Waals surface area (Å²) < 4.78 is 0. The predicted molar refractivity (Wildman–Crippen MR) is 90.4 cm³/mol. The van der Waals surface area contributed by atoms with Crippen LogP contribution in [0.25, 0.3) is 0 Å². The number of rotatable bonds is 7. The largest absolute Gasteiger partial charge is 0.326 e. The summed E-state index contributed by atoms with van der Waals surface area (Å²) >= 11 is 1.85. The summed E-state index contributed by atoms with van der Waals surface area (Å²) in [7, 11) is 0. The number of hydrogen-bond donors (Lipinski definition) is 1. The minimum absolute atomic E-state index is 0.0262. The standard InChI is InChI=1S/C17H26N2OS/c1-13(12-21-3)11-19-14(2)18-16(17(19)20)10-9-15-7-5-4-6-8-15/h4-8,13-14,16,18H,9-12H2,1-3H3. The van der Waals surface area contributed by atoms with Gasteiger partial charge in [0.1, 0.15) is 0 Å². The molecular weight excluding hydrogens is 280 g/mol. The maximum Gasteiger partial charge on any atom is 0.241 e. The van der Waals surface area contributed by atoms with E-state index in [0.29, 0.717) is 5.92 Å². The second-order valence-electron chi connectivity index (χ2n) is 5.97. The van der Waals surface area contributed by atoms with E-state index < -0.39 is 0 Å². The molecular formula is C17H26N2OS. The highest BCUT2D eigenvalue weighted by molar-refractivity contribution is 7.98. The van der Waals surface area contributed by atoms with E-state index in [9.17, 15) is 4.79 Å². The van der Waals surface area contributed by atoms with Gasteiger partial charge in [0.25, 0.3) is 0 Å². The van der Waals surface area contributed by atoms with Crippen LogP contribution in [-0.4, -0.2) is 41.6 Å². The Labute approximate surface area is 132 Å². The molecule has 21 heavy (non-hydrogen) atoms. The van der Waals surface area contributed by atoms with Crippen LogP contribution in [0.2, 0.25) is 0 Å². The van der Waals surface area contributed by atoms with Gasteiger partial charge in [-0.1, -0.05) is 37.3 Å². The monoisotopic (exact) mass is 306 g/mol. The third kappa shape index (κ3) is 4.48. The molecule has 1 aromatic rings. The van der Waals surface area contributed by atoms with Gasteiger partial charge in [0.2, 0.25) is 5.91 Å². The lowest BCUT2D eigenvalue weighted by atomic mass is 10.1. The van der Waals surface area contributed by atoms with E-state index in [1.165, 1.54) is 5.56 Å². The Kier molecular flexibility index (Phi) is 6.12. The second-order valence-corrected chi connectivity index (χ2v) is 6.88. The van der Waals surface area contributed by atoms with E-state index in [2.05, 4.69) is 49.7 Å². The number of aryl methyl sites for hydroxylation is 1. The molecule has 1 N–H and O–H groups in total. The van der Waals surface area contributed by atoms with E-state index in [1.54, 1.807) is 0 Å². The number of hydrogen-bond acceptors (Lipinski definition) is 3. The van der Waals surface area contributed by atoms with Crippen LogP contribution in [0.4, 0.5) is 0 Å². The molecule has 1 amide bonds. The minimum atomic E-state index is -0.0262. The molecule has 1 fully saturated rings. The average molecular weight is 306 g/mol. The third-order valence-corrected chi connectivity index (χ3v) is 4.92. The lowest BCUT2D eigenvalue weighted by Gasteiger charge is -2.24. The summed E-state index contributed by atoms with van der Waals surface area (Å²) in [5.74, 6) is 1.91. The molecule has 0 spiro atoms. The zero-order valence-corrected chi connectivity index (χ0v) is 14.0. The van der Waals surface area contributed by atoms with Crippen molar-refractivity contribution in [1.29, 1.82) is 0 Å². The summed E-state index contributed by atoms with van der Waals surface area (Å²) in [6.45, 7) is 5.16. The van der Waals surface area contributed by atoms with Gasteiger partial charge in [0.15, 0.2) is 0 Å². The fourth-order valence-electron chi connectivity index (χ4n) is 2.93. The van der Waals surface area contributed by atoms with Crippen LogP contribution >= 0.6 is 11.8 Å². The van der Waals surface area contributed by atoms with Gasteiger partial charge in [-0.25, -0.2) is 0 Å². The molecule has 0 aliphatic carbocycles. The van der Waals surface area contributed by atoms with Gasteiger partial charge < -0.3 is 4.90 Å². The molecule has 0 bridgehead atoms. The van der Waals surface area contributed by atoms with Crippen molar-refractivity contribution in [2.75, 3.05) is 18.6 Å². The van der Waals surface area contributed by atoms with Crippen molar-refractivity contribution in [3.8, 4) is 0 Å². The van der Waals surface area contributed by atoms with Crippen molar-refractivity contribution < 1.29 is 4.79 Å². The Hall–Kier alpha value is -1.00. The van der Waals surface area contributed by atoms with Crippen molar-refractivity contribution in [3.05, 3.63) is 35.9 Å². The van der Waals surface area contributed by atoms with Crippen molar-refractivity contribution in [3.63, 3.8) is 0 Å². The van der Waals surface area contributed by atoms with E-state index >= 15 is 0 Å². The van der Waals surface area contributed by atoms with Crippen LogP contribution in [0.3, 0.4) is 0 Å². The van der Waals surface area contributed by atoms with Crippen molar-refractivity contribution in [2.24, 2.45) is 5.92 Å². The lowest BCUT2D eigenvalue weighted by Crippen LogP contribution is -2.38. The highest BCUT2D eigenvalue weighted by atomic mass is 32.2. The smallest absolute Gasteiger partial charge is 0.241 e. The van der Waals surface area contributed by atoms with Crippen molar-refractivity contribution >= 4 is 17.7 Å². The van der Waals surface area contributed by atoms with Crippen LogP contribution in [-0.2, 0) is 11.2 Å². The molecule has 116 valence electrons. The van der Waals surface area contributed by atoms with E-state index in [0.717, 1.165) is 25.1 Å². The Morgan fingerprint density at radius 1 is 1.33 bits per heavy atom. The summed E-state index contributed by atoms with van der Waals surface area (Å²) in [6.07, 6.45) is 4.10. The number of benzene rings is 1. The summed E-state index contributed by atoms with van der Waals surface area (Å²) in [5.41, 5.74) is 1.30. The zero-order chi connectivity index (χ0) is 15.2. The van der Waals surface area contributed by atoms with Crippen molar-refractivity contribution in [1.82, 2.24) is 10.2 Å². The molecule has 1 saturated heterocycles. The highest BCUT2D eigenvalue weighted by Crippen LogP contribution is 2.18. The minimum Gasteiger partial charge on any atom is -0.326 e. The van der Waals surface area contributed by atoms with Gasteiger partial charge >= 0.3 is 0 Å². The van der Waals surface area contributed by atoms with Gasteiger partial charge in [-0.3, -0.25) is 10.1 Å². The first-order valence-corrected chi connectivity index (χ1v) is 9.10. The van der Waals surface area contributed by atoms with Gasteiger partial charge in [-0.05, 0) is 43.3 Å². The van der Waals surface area contributed by atoms with Crippen LogP contribution in [0.1, 0.15) is 25.8 Å². The Morgan fingerprint density at radius 2 is 2.05 bits per heavy atom. The number of carbonyl (C=O) groups excluding carboxylic acids is 1. The fourth-order valence-corrected chi connectivity index (χ4v) is 3.60. The first-order valence-electron chi connectivity index (χ1n) is 7.71. The van der Waals surface area contributed by atoms with Gasteiger partial charge in [0, 0.05) is 6.54 Å². The van der Waals surface area contributed by atoms with Crippen LogP contribution in [0.15, 0.2) is 30.3 Å². The summed E-state index contributed by atoms with van der Waals surface area (Å²) in [5, 5.41) is 3.44. The first kappa shape index (κ1) is 16.4. The van der Waals surface area contributed by atoms with Crippen molar-refractivity contribution in [2.45, 2.75) is 38.9 Å². The molecule has 3 unspecified atom stereocenters. The Morgan fingerprint density at radius 3 is 2.71 bits per heavy atom. The number of nitrogens with one attached hydrogen (secondary N) is 1. The quantitative estimate of drug-likeness (QED) is 0.841. The average Bonchev–Trinajstić information content (AvgIpc) is 2.74. The fraction of sp³-hybridized carbons (Fsp3) is 0.588.